The van der Waals surface area contributed by atoms with Crippen molar-refractivity contribution in [2.75, 3.05) is 18.9 Å². The van der Waals surface area contributed by atoms with E-state index in [1.54, 1.807) is 47.8 Å². The zero-order valence-electron chi connectivity index (χ0n) is 16.2. The highest BCUT2D eigenvalue weighted by molar-refractivity contribution is 7.91. The molecule has 0 aliphatic carbocycles. The number of carbonyl (C=O) groups excluding carboxylic acids is 2. The first-order valence-corrected chi connectivity index (χ1v) is 11.4. The number of sulfonamides is 1. The molecule has 0 bridgehead atoms. The number of hydrogen-bond donors (Lipinski definition) is 2. The minimum atomic E-state index is -3.68. The fraction of sp³-hybridized carbons (Fsp3) is 0.143. The third-order valence-corrected chi connectivity index (χ3v) is 7.41. The van der Waals surface area contributed by atoms with E-state index in [0.717, 1.165) is 21.2 Å². The van der Waals surface area contributed by atoms with Crippen molar-refractivity contribution in [3.63, 3.8) is 0 Å². The monoisotopic (exact) mass is 443 g/mol. The fourth-order valence-corrected chi connectivity index (χ4v) is 4.98. The van der Waals surface area contributed by atoms with Crippen molar-refractivity contribution < 1.29 is 18.0 Å². The van der Waals surface area contributed by atoms with Crippen LogP contribution < -0.4 is 10.6 Å². The van der Waals surface area contributed by atoms with Crippen LogP contribution >= 0.6 is 11.3 Å². The second-order valence-electron chi connectivity index (χ2n) is 6.49. The van der Waals surface area contributed by atoms with Gasteiger partial charge < -0.3 is 10.6 Å². The highest BCUT2D eigenvalue weighted by Gasteiger charge is 2.23. The van der Waals surface area contributed by atoms with Crippen molar-refractivity contribution in [3.05, 3.63) is 83.2 Å². The van der Waals surface area contributed by atoms with Gasteiger partial charge in [-0.25, -0.2) is 8.42 Å². The molecular weight excluding hydrogens is 422 g/mol. The summed E-state index contributed by atoms with van der Waals surface area (Å²) in [5, 5.41) is 7.17. The van der Waals surface area contributed by atoms with Gasteiger partial charge in [-0.05, 0) is 41.3 Å². The second kappa shape index (κ2) is 9.66. The average molecular weight is 444 g/mol. The molecule has 0 saturated heterocycles. The number of hydrogen-bond acceptors (Lipinski definition) is 5. The summed E-state index contributed by atoms with van der Waals surface area (Å²) in [6, 6.07) is 19.1. The Hall–Kier alpha value is -3.01. The van der Waals surface area contributed by atoms with Crippen LogP contribution in [0.25, 0.3) is 0 Å². The smallest absolute Gasteiger partial charge is 0.255 e. The minimum Gasteiger partial charge on any atom is -0.351 e. The molecule has 0 radical (unpaired) electrons. The van der Waals surface area contributed by atoms with E-state index in [0.29, 0.717) is 11.3 Å². The summed E-state index contributed by atoms with van der Waals surface area (Å²) in [4.78, 5) is 24.6. The lowest BCUT2D eigenvalue weighted by molar-refractivity contribution is -0.121. The van der Waals surface area contributed by atoms with Gasteiger partial charge in [0.05, 0.1) is 6.54 Å². The summed E-state index contributed by atoms with van der Waals surface area (Å²) in [5.41, 5.74) is 1.88. The molecule has 3 aromatic rings. The fourth-order valence-electron chi connectivity index (χ4n) is 2.65. The summed E-state index contributed by atoms with van der Waals surface area (Å²) in [6.45, 7) is -0.118. The van der Waals surface area contributed by atoms with Crippen LogP contribution in [0.5, 0.6) is 0 Å². The molecule has 0 unspecified atom stereocenters. The van der Waals surface area contributed by atoms with E-state index in [-0.39, 0.29) is 23.2 Å². The average Bonchev–Trinajstić information content (AvgIpc) is 3.29. The van der Waals surface area contributed by atoms with Crippen LogP contribution in [0.3, 0.4) is 0 Å². The highest BCUT2D eigenvalue weighted by atomic mass is 32.2. The molecular formula is C21H21N3O4S2. The van der Waals surface area contributed by atoms with E-state index < -0.39 is 15.9 Å². The zero-order valence-corrected chi connectivity index (χ0v) is 17.9. The lowest BCUT2D eigenvalue weighted by Crippen LogP contribution is -2.37. The topological polar surface area (TPSA) is 95.6 Å². The van der Waals surface area contributed by atoms with Crippen LogP contribution in [0.2, 0.25) is 0 Å². The normalized spacial score (nSPS) is 11.3. The zero-order chi connectivity index (χ0) is 21.6. The van der Waals surface area contributed by atoms with E-state index in [4.69, 9.17) is 0 Å². The van der Waals surface area contributed by atoms with Gasteiger partial charge in [-0.3, -0.25) is 9.59 Å². The molecule has 0 atom stereocenters. The number of carbonyl (C=O) groups is 2. The molecule has 2 amide bonds. The maximum atomic E-state index is 12.4. The highest BCUT2D eigenvalue weighted by Crippen LogP contribution is 2.19. The molecule has 2 N–H and O–H groups in total. The summed E-state index contributed by atoms with van der Waals surface area (Å²) in [6.07, 6.45) is 0. The number of para-hydroxylation sites is 1. The minimum absolute atomic E-state index is 0.179. The van der Waals surface area contributed by atoms with Gasteiger partial charge in [0.25, 0.3) is 15.9 Å². The summed E-state index contributed by atoms with van der Waals surface area (Å²) >= 11 is 1.10. The van der Waals surface area contributed by atoms with Gasteiger partial charge in [-0.1, -0.05) is 36.4 Å². The van der Waals surface area contributed by atoms with Crippen molar-refractivity contribution >= 4 is 38.9 Å². The van der Waals surface area contributed by atoms with E-state index in [9.17, 15) is 18.0 Å². The quantitative estimate of drug-likeness (QED) is 0.560. The van der Waals surface area contributed by atoms with Crippen LogP contribution in [0.1, 0.15) is 15.9 Å². The number of rotatable bonds is 8. The van der Waals surface area contributed by atoms with Crippen molar-refractivity contribution in [3.8, 4) is 0 Å². The largest absolute Gasteiger partial charge is 0.351 e. The van der Waals surface area contributed by atoms with Crippen molar-refractivity contribution in [1.82, 2.24) is 9.62 Å². The number of benzene rings is 2. The van der Waals surface area contributed by atoms with E-state index in [2.05, 4.69) is 10.6 Å². The SMILES string of the molecule is CN(CC(=O)NCc1cccc(C(=O)Nc2ccccc2)c1)S(=O)(=O)c1cccs1. The van der Waals surface area contributed by atoms with Crippen LogP contribution in [-0.2, 0) is 21.4 Å². The first-order chi connectivity index (χ1) is 14.4. The molecule has 2 aromatic carbocycles. The molecule has 1 heterocycles. The van der Waals surface area contributed by atoms with Crippen LogP contribution in [0.15, 0.2) is 76.3 Å². The molecule has 0 saturated carbocycles. The first kappa shape index (κ1) is 21.7. The predicted molar refractivity (Wildman–Crippen MR) is 117 cm³/mol. The molecule has 156 valence electrons. The Labute approximate surface area is 179 Å². The Bertz CT molecular complexity index is 1110. The summed E-state index contributed by atoms with van der Waals surface area (Å²) < 4.78 is 26.0. The molecule has 0 spiro atoms. The number of anilines is 1. The lowest BCUT2D eigenvalue weighted by Gasteiger charge is -2.15. The van der Waals surface area contributed by atoms with E-state index in [1.165, 1.54) is 13.1 Å². The molecule has 9 heteroatoms. The van der Waals surface area contributed by atoms with Gasteiger partial charge >= 0.3 is 0 Å². The molecule has 3 rings (SSSR count). The van der Waals surface area contributed by atoms with Gasteiger partial charge in [0.15, 0.2) is 0 Å². The molecule has 0 aliphatic heterocycles. The molecule has 0 fully saturated rings. The third kappa shape index (κ3) is 5.53. The standard InChI is InChI=1S/C21H21N3O4S2/c1-24(30(27,28)20-11-6-12-29-20)15-19(25)22-14-16-7-5-8-17(13-16)21(26)23-18-9-3-2-4-10-18/h2-13H,14-15H2,1H3,(H,22,25)(H,23,26). The van der Waals surface area contributed by atoms with Gasteiger partial charge in [0.2, 0.25) is 5.91 Å². The van der Waals surface area contributed by atoms with Crippen molar-refractivity contribution in [2.45, 2.75) is 10.8 Å². The second-order valence-corrected chi connectivity index (χ2v) is 9.71. The van der Waals surface area contributed by atoms with Crippen molar-refractivity contribution in [1.29, 1.82) is 0 Å². The number of likely N-dealkylation sites (N-methyl/N-ethyl adjacent to an activating group) is 1. The summed E-state index contributed by atoms with van der Waals surface area (Å²) in [7, 11) is -2.32. The Morgan fingerprint density at radius 3 is 2.47 bits per heavy atom. The van der Waals surface area contributed by atoms with Crippen LogP contribution in [0, 0.1) is 0 Å². The third-order valence-electron chi connectivity index (χ3n) is 4.24. The Kier molecular flexibility index (Phi) is 6.99. The Balaban J connectivity index is 1.56. The molecule has 7 nitrogen and oxygen atoms in total. The molecule has 0 aliphatic rings. The van der Waals surface area contributed by atoms with Crippen LogP contribution in [0.4, 0.5) is 5.69 Å². The molecule has 1 aromatic heterocycles. The van der Waals surface area contributed by atoms with Gasteiger partial charge in [-0.15, -0.1) is 11.3 Å². The van der Waals surface area contributed by atoms with E-state index in [1.807, 2.05) is 18.2 Å². The first-order valence-electron chi connectivity index (χ1n) is 9.08. The van der Waals surface area contributed by atoms with Gasteiger partial charge in [0, 0.05) is 24.8 Å². The van der Waals surface area contributed by atoms with Crippen LogP contribution in [-0.4, -0.2) is 38.1 Å². The van der Waals surface area contributed by atoms with Gasteiger partial charge in [0.1, 0.15) is 4.21 Å². The van der Waals surface area contributed by atoms with Crippen molar-refractivity contribution in [2.24, 2.45) is 0 Å². The van der Waals surface area contributed by atoms with Gasteiger partial charge in [-0.2, -0.15) is 4.31 Å². The predicted octanol–water partition coefficient (Wildman–Crippen LogP) is 2.94. The Morgan fingerprint density at radius 1 is 1.00 bits per heavy atom. The molecule has 30 heavy (non-hydrogen) atoms. The lowest BCUT2D eigenvalue weighted by atomic mass is 10.1. The summed E-state index contributed by atoms with van der Waals surface area (Å²) in [5.74, 6) is -0.687. The number of nitrogens with zero attached hydrogens (tertiary/aromatic N) is 1. The number of amides is 2. The Morgan fingerprint density at radius 2 is 1.77 bits per heavy atom. The maximum Gasteiger partial charge on any atom is 0.255 e. The maximum absolute atomic E-state index is 12.4. The van der Waals surface area contributed by atoms with E-state index >= 15 is 0 Å². The number of thiophene rings is 1. The number of nitrogens with one attached hydrogen (secondary N) is 2.